The summed E-state index contributed by atoms with van der Waals surface area (Å²) in [5, 5.41) is 3.18. The average Bonchev–Trinajstić information content (AvgIpc) is 3.46. The number of fused-ring (bicyclic) bond motifs is 1. The highest BCUT2D eigenvalue weighted by molar-refractivity contribution is 6.02. The van der Waals surface area contributed by atoms with Gasteiger partial charge in [0.15, 0.2) is 11.5 Å². The Morgan fingerprint density at radius 1 is 0.968 bits per heavy atom. The molecule has 0 atom stereocenters. The molecular formula is C27H27NO3. The van der Waals surface area contributed by atoms with Crippen LogP contribution in [-0.2, 0) is 10.2 Å². The van der Waals surface area contributed by atoms with E-state index < -0.39 is 5.41 Å². The molecule has 1 heterocycles. The quantitative estimate of drug-likeness (QED) is 0.543. The van der Waals surface area contributed by atoms with Gasteiger partial charge in [0.1, 0.15) is 0 Å². The molecule has 4 heteroatoms. The fourth-order valence-corrected chi connectivity index (χ4v) is 4.44. The third-order valence-electron chi connectivity index (χ3n) is 6.48. The van der Waals surface area contributed by atoms with Crippen LogP contribution in [0.1, 0.15) is 49.3 Å². The number of aryl methyl sites for hydroxylation is 1. The first kappa shape index (κ1) is 19.7. The van der Waals surface area contributed by atoms with Crippen LogP contribution in [0.2, 0.25) is 0 Å². The molecule has 1 saturated carbocycles. The number of hydrogen-bond donors (Lipinski definition) is 1. The smallest absolute Gasteiger partial charge is 0.235 e. The summed E-state index contributed by atoms with van der Waals surface area (Å²) >= 11 is 0. The highest BCUT2D eigenvalue weighted by atomic mass is 16.7. The minimum Gasteiger partial charge on any atom is -0.454 e. The fraction of sp³-hybridized carbons (Fsp3) is 0.296. The molecule has 1 fully saturated rings. The summed E-state index contributed by atoms with van der Waals surface area (Å²) in [7, 11) is 0. The van der Waals surface area contributed by atoms with Crippen molar-refractivity contribution < 1.29 is 14.3 Å². The lowest BCUT2D eigenvalue weighted by molar-refractivity contribution is -0.118. The lowest BCUT2D eigenvalue weighted by Crippen LogP contribution is -2.28. The summed E-state index contributed by atoms with van der Waals surface area (Å²) in [4.78, 5) is 13.3. The predicted molar refractivity (Wildman–Crippen MR) is 123 cm³/mol. The largest absolute Gasteiger partial charge is 0.454 e. The molecule has 0 spiro atoms. The van der Waals surface area contributed by atoms with Gasteiger partial charge in [-0.2, -0.15) is 0 Å². The summed E-state index contributed by atoms with van der Waals surface area (Å²) in [5.74, 6) is 1.96. The SMILES string of the molecule is Cc1cc(-c2ccccc2C(C)C)ccc1NC(=O)C1(c2ccc3c(c2)OCO3)CC1. The molecule has 3 aromatic carbocycles. The zero-order valence-corrected chi connectivity index (χ0v) is 18.2. The topological polar surface area (TPSA) is 47.6 Å². The van der Waals surface area contributed by atoms with Crippen LogP contribution in [0.25, 0.3) is 11.1 Å². The molecule has 1 aliphatic carbocycles. The summed E-state index contributed by atoms with van der Waals surface area (Å²) in [6, 6.07) is 20.6. The molecule has 0 radical (unpaired) electrons. The van der Waals surface area contributed by atoms with Gasteiger partial charge in [0.25, 0.3) is 0 Å². The Kier molecular flexibility index (Phi) is 4.73. The van der Waals surface area contributed by atoms with E-state index in [1.54, 1.807) is 0 Å². The van der Waals surface area contributed by atoms with Crippen LogP contribution in [0.15, 0.2) is 60.7 Å². The van der Waals surface area contributed by atoms with Gasteiger partial charge in [0.05, 0.1) is 5.41 Å². The van der Waals surface area contributed by atoms with Gasteiger partial charge in [-0.05, 0) is 77.8 Å². The highest BCUT2D eigenvalue weighted by Crippen LogP contribution is 2.51. The van der Waals surface area contributed by atoms with Gasteiger partial charge in [-0.25, -0.2) is 0 Å². The van der Waals surface area contributed by atoms with E-state index in [1.807, 2.05) is 24.3 Å². The standard InChI is InChI=1S/C27H27NO3/c1-17(2)21-6-4-5-7-22(21)19-8-10-23(18(3)14-19)28-26(29)27(12-13-27)20-9-11-24-25(15-20)31-16-30-24/h4-11,14-15,17H,12-13,16H2,1-3H3,(H,28,29). The molecule has 0 bridgehead atoms. The maximum atomic E-state index is 13.3. The maximum Gasteiger partial charge on any atom is 0.235 e. The van der Waals surface area contributed by atoms with E-state index in [0.717, 1.165) is 41.2 Å². The summed E-state index contributed by atoms with van der Waals surface area (Å²) in [5.41, 5.74) is 6.20. The van der Waals surface area contributed by atoms with E-state index in [4.69, 9.17) is 9.47 Å². The Hall–Kier alpha value is -3.27. The van der Waals surface area contributed by atoms with Gasteiger partial charge in [-0.15, -0.1) is 0 Å². The van der Waals surface area contributed by atoms with E-state index in [1.165, 1.54) is 16.7 Å². The average molecular weight is 414 g/mol. The number of rotatable bonds is 5. The van der Waals surface area contributed by atoms with Gasteiger partial charge in [0.2, 0.25) is 12.7 Å². The van der Waals surface area contributed by atoms with Crippen molar-refractivity contribution in [3.8, 4) is 22.6 Å². The maximum absolute atomic E-state index is 13.3. The lowest BCUT2D eigenvalue weighted by Gasteiger charge is -2.18. The van der Waals surface area contributed by atoms with Gasteiger partial charge >= 0.3 is 0 Å². The molecule has 3 aromatic rings. The Labute approximate surface area is 183 Å². The molecule has 0 aromatic heterocycles. The van der Waals surface area contributed by atoms with Crippen LogP contribution >= 0.6 is 0 Å². The zero-order valence-electron chi connectivity index (χ0n) is 18.2. The van der Waals surface area contributed by atoms with Crippen LogP contribution in [0.4, 0.5) is 5.69 Å². The summed E-state index contributed by atoms with van der Waals surface area (Å²) in [6.45, 7) is 6.72. The van der Waals surface area contributed by atoms with Gasteiger partial charge in [-0.1, -0.05) is 50.2 Å². The highest BCUT2D eigenvalue weighted by Gasteiger charge is 2.51. The van der Waals surface area contributed by atoms with Crippen molar-refractivity contribution in [3.05, 3.63) is 77.4 Å². The van der Waals surface area contributed by atoms with E-state index >= 15 is 0 Å². The lowest BCUT2D eigenvalue weighted by atomic mass is 9.91. The van der Waals surface area contributed by atoms with Crippen LogP contribution in [0.3, 0.4) is 0 Å². The van der Waals surface area contributed by atoms with Crippen molar-refractivity contribution in [1.29, 1.82) is 0 Å². The minimum atomic E-state index is -0.476. The van der Waals surface area contributed by atoms with Crippen molar-refractivity contribution in [2.45, 2.75) is 44.9 Å². The molecule has 1 N–H and O–H groups in total. The second-order valence-electron chi connectivity index (χ2n) is 8.88. The Morgan fingerprint density at radius 2 is 1.74 bits per heavy atom. The van der Waals surface area contributed by atoms with Crippen molar-refractivity contribution in [2.75, 3.05) is 12.1 Å². The molecule has 0 unspecified atom stereocenters. The number of benzene rings is 3. The Morgan fingerprint density at radius 3 is 2.48 bits per heavy atom. The van der Waals surface area contributed by atoms with Crippen molar-refractivity contribution in [2.24, 2.45) is 0 Å². The zero-order chi connectivity index (χ0) is 21.6. The van der Waals surface area contributed by atoms with Crippen LogP contribution in [-0.4, -0.2) is 12.7 Å². The monoisotopic (exact) mass is 413 g/mol. The van der Waals surface area contributed by atoms with Gasteiger partial charge in [0, 0.05) is 5.69 Å². The second kappa shape index (κ2) is 7.45. The number of ether oxygens (including phenoxy) is 2. The van der Waals surface area contributed by atoms with Crippen LogP contribution in [0.5, 0.6) is 11.5 Å². The molecule has 0 saturated heterocycles. The van der Waals surface area contributed by atoms with Crippen LogP contribution < -0.4 is 14.8 Å². The number of amides is 1. The molecule has 4 nitrogen and oxygen atoms in total. The van der Waals surface area contributed by atoms with Crippen molar-refractivity contribution in [1.82, 2.24) is 0 Å². The molecule has 5 rings (SSSR count). The first-order valence-corrected chi connectivity index (χ1v) is 10.9. The van der Waals surface area contributed by atoms with Crippen molar-refractivity contribution >= 4 is 11.6 Å². The first-order chi connectivity index (χ1) is 15.0. The summed E-state index contributed by atoms with van der Waals surface area (Å²) < 4.78 is 10.9. The molecule has 1 aliphatic heterocycles. The van der Waals surface area contributed by atoms with E-state index in [9.17, 15) is 4.79 Å². The first-order valence-electron chi connectivity index (χ1n) is 10.9. The third kappa shape index (κ3) is 3.46. The number of carbonyl (C=O) groups is 1. The normalized spacial score (nSPS) is 15.7. The van der Waals surface area contributed by atoms with Crippen molar-refractivity contribution in [3.63, 3.8) is 0 Å². The number of carbonyl (C=O) groups excluding carboxylic acids is 1. The fourth-order valence-electron chi connectivity index (χ4n) is 4.44. The molecule has 2 aliphatic rings. The summed E-state index contributed by atoms with van der Waals surface area (Å²) in [6.07, 6.45) is 1.69. The second-order valence-corrected chi connectivity index (χ2v) is 8.88. The molecule has 31 heavy (non-hydrogen) atoms. The predicted octanol–water partition coefficient (Wildman–Crippen LogP) is 6.18. The Balaban J connectivity index is 1.39. The van der Waals surface area contributed by atoms with Gasteiger partial charge in [-0.3, -0.25) is 4.79 Å². The van der Waals surface area contributed by atoms with Gasteiger partial charge < -0.3 is 14.8 Å². The Bertz CT molecular complexity index is 1160. The number of anilines is 1. The van der Waals surface area contributed by atoms with E-state index in [-0.39, 0.29) is 12.7 Å². The third-order valence-corrected chi connectivity index (χ3v) is 6.48. The number of hydrogen-bond acceptors (Lipinski definition) is 3. The minimum absolute atomic E-state index is 0.0461. The molecular weight excluding hydrogens is 386 g/mol. The number of nitrogens with one attached hydrogen (secondary N) is 1. The molecule has 158 valence electrons. The van der Waals surface area contributed by atoms with E-state index in [2.05, 4.69) is 62.5 Å². The molecule has 1 amide bonds. The van der Waals surface area contributed by atoms with E-state index in [0.29, 0.717) is 5.92 Å². The van der Waals surface area contributed by atoms with Crippen LogP contribution in [0, 0.1) is 6.92 Å².